The first-order valence-electron chi connectivity index (χ1n) is 9.43. The Kier molecular flexibility index (Phi) is 6.20. The number of amides is 1. The number of carbonyl (C=O) groups is 1. The molecule has 154 valence electrons. The molecule has 30 heavy (non-hydrogen) atoms. The number of hydrogen-bond acceptors (Lipinski definition) is 8. The molecule has 0 spiro atoms. The maximum absolute atomic E-state index is 12.7. The number of thiazole rings is 1. The molecule has 1 amide bonds. The quantitative estimate of drug-likeness (QED) is 0.431. The largest absolute Gasteiger partial charge is 0.496 e. The summed E-state index contributed by atoms with van der Waals surface area (Å²) in [6.45, 7) is 3.04. The van der Waals surface area contributed by atoms with Crippen molar-refractivity contribution < 1.29 is 9.53 Å². The van der Waals surface area contributed by atoms with E-state index in [9.17, 15) is 4.79 Å². The fourth-order valence-corrected chi connectivity index (χ4v) is 4.84. The van der Waals surface area contributed by atoms with Crippen molar-refractivity contribution in [2.24, 2.45) is 0 Å². The molecule has 9 heteroatoms. The lowest BCUT2D eigenvalue weighted by Crippen LogP contribution is -2.22. The Balaban J connectivity index is 1.49. The van der Waals surface area contributed by atoms with Crippen molar-refractivity contribution in [2.75, 3.05) is 19.0 Å². The average Bonchev–Trinajstić information content (AvgIpc) is 3.41. The molecule has 0 fully saturated rings. The van der Waals surface area contributed by atoms with Gasteiger partial charge in [-0.2, -0.15) is 0 Å². The van der Waals surface area contributed by atoms with Crippen LogP contribution in [0.5, 0.6) is 5.75 Å². The van der Waals surface area contributed by atoms with Crippen LogP contribution in [-0.2, 0) is 13.0 Å². The van der Waals surface area contributed by atoms with Crippen LogP contribution in [0.4, 0.5) is 5.82 Å². The van der Waals surface area contributed by atoms with Crippen molar-refractivity contribution in [2.45, 2.75) is 19.9 Å². The number of anilines is 1. The summed E-state index contributed by atoms with van der Waals surface area (Å²) < 4.78 is 5.42. The maximum atomic E-state index is 12.7. The van der Waals surface area contributed by atoms with E-state index in [-0.39, 0.29) is 5.91 Å². The summed E-state index contributed by atoms with van der Waals surface area (Å²) >= 11 is 2.90. The van der Waals surface area contributed by atoms with Crippen molar-refractivity contribution >= 4 is 44.6 Å². The summed E-state index contributed by atoms with van der Waals surface area (Å²) in [7, 11) is 1.68. The summed E-state index contributed by atoms with van der Waals surface area (Å²) in [5.74, 6) is 1.49. The summed E-state index contributed by atoms with van der Waals surface area (Å²) in [6, 6.07) is 7.97. The fraction of sp³-hybridized carbons (Fsp3) is 0.238. The second-order valence-corrected chi connectivity index (χ2v) is 8.53. The van der Waals surface area contributed by atoms with Crippen LogP contribution < -0.4 is 15.4 Å². The summed E-state index contributed by atoms with van der Waals surface area (Å²) in [4.78, 5) is 27.1. The Bertz CT molecular complexity index is 1160. The highest BCUT2D eigenvalue weighted by molar-refractivity contribution is 7.20. The van der Waals surface area contributed by atoms with Crippen molar-refractivity contribution in [3.8, 4) is 5.75 Å². The molecule has 7 nitrogen and oxygen atoms in total. The van der Waals surface area contributed by atoms with E-state index in [4.69, 9.17) is 4.74 Å². The first-order valence-corrected chi connectivity index (χ1v) is 11.1. The van der Waals surface area contributed by atoms with Gasteiger partial charge in [-0.1, -0.05) is 18.2 Å². The van der Waals surface area contributed by atoms with Crippen LogP contribution in [0.25, 0.3) is 10.2 Å². The number of ether oxygens (including phenoxy) is 1. The highest BCUT2D eigenvalue weighted by Crippen LogP contribution is 2.33. The summed E-state index contributed by atoms with van der Waals surface area (Å²) in [6.07, 6.45) is 4.05. The van der Waals surface area contributed by atoms with Gasteiger partial charge in [-0.15, -0.1) is 22.7 Å². The Labute approximate surface area is 182 Å². The molecule has 0 radical (unpaired) electrons. The third-order valence-corrected chi connectivity index (χ3v) is 6.67. The van der Waals surface area contributed by atoms with E-state index in [0.717, 1.165) is 44.3 Å². The van der Waals surface area contributed by atoms with Crippen molar-refractivity contribution in [3.63, 3.8) is 0 Å². The van der Waals surface area contributed by atoms with E-state index in [2.05, 4.69) is 31.7 Å². The molecule has 3 heterocycles. The standard InChI is InChI=1S/C21H21N5O2S2/c1-13-17-19(23-8-7-14-5-3-4-6-15(14)28-2)25-12-26-21(17)30-18(13)20(27)24-11-16-22-9-10-29-16/h3-6,9-10,12H,7-8,11H2,1-2H3,(H,24,27)(H,23,25,26). The minimum atomic E-state index is -0.120. The van der Waals surface area contributed by atoms with Gasteiger partial charge in [0.1, 0.15) is 27.7 Å². The summed E-state index contributed by atoms with van der Waals surface area (Å²) in [5.41, 5.74) is 2.01. The third-order valence-electron chi connectivity index (χ3n) is 4.70. The number of aromatic nitrogens is 3. The molecule has 0 saturated heterocycles. The molecule has 0 aliphatic rings. The third kappa shape index (κ3) is 4.27. The number of nitrogens with zero attached hydrogens (tertiary/aromatic N) is 3. The van der Waals surface area contributed by atoms with Gasteiger partial charge in [0.2, 0.25) is 0 Å². The molecular formula is C21H21N5O2S2. The van der Waals surface area contributed by atoms with Crippen LogP contribution in [-0.4, -0.2) is 34.5 Å². The zero-order valence-corrected chi connectivity index (χ0v) is 18.3. The Morgan fingerprint density at radius 1 is 1.20 bits per heavy atom. The van der Waals surface area contributed by atoms with E-state index in [1.54, 1.807) is 13.3 Å². The summed E-state index contributed by atoms with van der Waals surface area (Å²) in [5, 5.41) is 9.99. The topological polar surface area (TPSA) is 89.0 Å². The zero-order valence-electron chi connectivity index (χ0n) is 16.6. The van der Waals surface area contributed by atoms with Crippen LogP contribution in [0.1, 0.15) is 25.8 Å². The van der Waals surface area contributed by atoms with Gasteiger partial charge in [0, 0.05) is 18.1 Å². The van der Waals surface area contributed by atoms with Crippen LogP contribution in [0.2, 0.25) is 0 Å². The molecule has 4 aromatic rings. The molecule has 0 aliphatic heterocycles. The number of thiophene rings is 1. The van der Waals surface area contributed by atoms with E-state index in [1.807, 2.05) is 30.5 Å². The number of para-hydroxylation sites is 1. The monoisotopic (exact) mass is 439 g/mol. The van der Waals surface area contributed by atoms with Gasteiger partial charge in [0.15, 0.2) is 0 Å². The van der Waals surface area contributed by atoms with Crippen LogP contribution in [0.15, 0.2) is 42.2 Å². The Morgan fingerprint density at radius 3 is 2.87 bits per heavy atom. The number of aryl methyl sites for hydroxylation is 1. The number of fused-ring (bicyclic) bond motifs is 1. The normalized spacial score (nSPS) is 10.9. The van der Waals surface area contributed by atoms with Gasteiger partial charge in [-0.05, 0) is 30.5 Å². The maximum Gasteiger partial charge on any atom is 0.262 e. The number of rotatable bonds is 8. The molecule has 0 saturated carbocycles. The van der Waals surface area contributed by atoms with Crippen molar-refractivity contribution in [3.05, 3.63) is 63.2 Å². The molecule has 3 aromatic heterocycles. The van der Waals surface area contributed by atoms with E-state index in [0.29, 0.717) is 18.0 Å². The van der Waals surface area contributed by atoms with Gasteiger partial charge in [0.25, 0.3) is 5.91 Å². The van der Waals surface area contributed by atoms with E-state index < -0.39 is 0 Å². The minimum absolute atomic E-state index is 0.120. The Morgan fingerprint density at radius 2 is 2.07 bits per heavy atom. The zero-order chi connectivity index (χ0) is 20.9. The Hall–Kier alpha value is -3.04. The first kappa shape index (κ1) is 20.2. The SMILES string of the molecule is COc1ccccc1CCNc1ncnc2sc(C(=O)NCc3nccs3)c(C)c12. The van der Waals surface area contributed by atoms with Crippen LogP contribution in [0, 0.1) is 6.92 Å². The van der Waals surface area contributed by atoms with Crippen LogP contribution >= 0.6 is 22.7 Å². The van der Waals surface area contributed by atoms with Gasteiger partial charge in [0.05, 0.1) is 23.9 Å². The highest BCUT2D eigenvalue weighted by atomic mass is 32.1. The minimum Gasteiger partial charge on any atom is -0.496 e. The average molecular weight is 440 g/mol. The predicted octanol–water partition coefficient (Wildman–Crippen LogP) is 4.05. The predicted molar refractivity (Wildman–Crippen MR) is 121 cm³/mol. The lowest BCUT2D eigenvalue weighted by Gasteiger charge is -2.10. The van der Waals surface area contributed by atoms with Gasteiger partial charge in [-0.3, -0.25) is 4.79 Å². The second kappa shape index (κ2) is 9.19. The molecule has 0 atom stereocenters. The smallest absolute Gasteiger partial charge is 0.262 e. The van der Waals surface area contributed by atoms with E-state index in [1.165, 1.54) is 29.0 Å². The number of carbonyl (C=O) groups excluding carboxylic acids is 1. The van der Waals surface area contributed by atoms with Gasteiger partial charge >= 0.3 is 0 Å². The first-order chi connectivity index (χ1) is 14.7. The second-order valence-electron chi connectivity index (χ2n) is 6.56. The lowest BCUT2D eigenvalue weighted by atomic mass is 10.1. The highest BCUT2D eigenvalue weighted by Gasteiger charge is 2.19. The van der Waals surface area contributed by atoms with Crippen molar-refractivity contribution in [1.29, 1.82) is 0 Å². The van der Waals surface area contributed by atoms with Gasteiger partial charge < -0.3 is 15.4 Å². The number of nitrogens with one attached hydrogen (secondary N) is 2. The molecule has 0 aliphatic carbocycles. The molecule has 0 bridgehead atoms. The molecule has 1 aromatic carbocycles. The number of benzene rings is 1. The van der Waals surface area contributed by atoms with Crippen molar-refractivity contribution in [1.82, 2.24) is 20.3 Å². The molecule has 2 N–H and O–H groups in total. The molecule has 4 rings (SSSR count). The fourth-order valence-electron chi connectivity index (χ4n) is 3.22. The van der Waals surface area contributed by atoms with Crippen LogP contribution in [0.3, 0.4) is 0 Å². The lowest BCUT2D eigenvalue weighted by molar-refractivity contribution is 0.0954. The van der Waals surface area contributed by atoms with Gasteiger partial charge in [-0.25, -0.2) is 15.0 Å². The molecule has 0 unspecified atom stereocenters. The number of hydrogen-bond donors (Lipinski definition) is 2. The number of methoxy groups -OCH3 is 1. The van der Waals surface area contributed by atoms with E-state index >= 15 is 0 Å². The molecular weight excluding hydrogens is 418 g/mol.